The van der Waals surface area contributed by atoms with Crippen molar-refractivity contribution in [2.75, 3.05) is 24.3 Å². The van der Waals surface area contributed by atoms with Crippen molar-refractivity contribution >= 4 is 52.5 Å². The van der Waals surface area contributed by atoms with Crippen molar-refractivity contribution in [2.24, 2.45) is 12.0 Å². The Balaban J connectivity index is 0.00000392. The Bertz CT molecular complexity index is 640. The molecule has 2 N–H and O–H groups in total. The molecule has 1 aromatic rings. The maximum Gasteiger partial charge on any atom is 0.191 e. The Kier molecular flexibility index (Phi) is 12.6. The first kappa shape index (κ1) is 25.7. The monoisotopic (exact) mass is 542 g/mol. The Morgan fingerprint density at radius 2 is 2.18 bits per heavy atom. The van der Waals surface area contributed by atoms with Crippen molar-refractivity contribution in [2.45, 2.75) is 63.8 Å². The molecule has 1 aliphatic rings. The number of hydrogen-bond donors (Lipinski definition) is 2. The van der Waals surface area contributed by atoms with Gasteiger partial charge in [0.2, 0.25) is 0 Å². The first-order valence-electron chi connectivity index (χ1n) is 9.81. The van der Waals surface area contributed by atoms with Gasteiger partial charge < -0.3 is 15.2 Å². The average Bonchev–Trinajstić information content (AvgIpc) is 3.00. The number of aryl methyl sites for hydroxylation is 1. The molecule has 1 aromatic heterocycles. The predicted octanol–water partition coefficient (Wildman–Crippen LogP) is 2.61. The van der Waals surface area contributed by atoms with Crippen molar-refractivity contribution in [1.82, 2.24) is 25.4 Å². The molecule has 0 aliphatic heterocycles. The van der Waals surface area contributed by atoms with Crippen LogP contribution in [-0.2, 0) is 24.4 Å². The molecule has 1 fully saturated rings. The number of thioether (sulfide) groups is 1. The summed E-state index contributed by atoms with van der Waals surface area (Å²) in [6.45, 7) is 5.33. The van der Waals surface area contributed by atoms with Gasteiger partial charge in [0, 0.05) is 41.4 Å². The van der Waals surface area contributed by atoms with Crippen LogP contribution in [0.25, 0.3) is 0 Å². The van der Waals surface area contributed by atoms with Gasteiger partial charge in [-0.25, -0.2) is 4.99 Å². The fourth-order valence-electron chi connectivity index (χ4n) is 3.26. The summed E-state index contributed by atoms with van der Waals surface area (Å²) < 4.78 is 14.2. The fourth-order valence-corrected chi connectivity index (χ4v) is 5.04. The van der Waals surface area contributed by atoms with E-state index < -0.39 is 10.8 Å². The zero-order chi connectivity index (χ0) is 19.6. The highest BCUT2D eigenvalue weighted by molar-refractivity contribution is 14.0. The summed E-state index contributed by atoms with van der Waals surface area (Å²) in [7, 11) is 1.25. The summed E-state index contributed by atoms with van der Waals surface area (Å²) in [5.41, 5.74) is 0. The molecule has 3 atom stereocenters. The molecule has 0 radical (unpaired) electrons. The lowest BCUT2D eigenvalue weighted by molar-refractivity contribution is 0.413. The van der Waals surface area contributed by atoms with E-state index in [1.807, 2.05) is 37.2 Å². The van der Waals surface area contributed by atoms with Gasteiger partial charge in [-0.05, 0) is 44.6 Å². The fraction of sp³-hybridized carbons (Fsp3) is 0.833. The van der Waals surface area contributed by atoms with Gasteiger partial charge in [-0.3, -0.25) is 4.21 Å². The molecule has 162 valence electrons. The number of halogens is 1. The van der Waals surface area contributed by atoms with Gasteiger partial charge in [0.15, 0.2) is 11.8 Å². The molecular weight excluding hydrogens is 507 g/mol. The van der Waals surface area contributed by atoms with E-state index in [1.54, 1.807) is 0 Å². The SMILES string of the molecule is CCS(=O)C1CCCC(NC(=NCc2nnc(C)n2C)NCCCSC)C1.I. The molecule has 1 aliphatic carbocycles. The summed E-state index contributed by atoms with van der Waals surface area (Å²) >= 11 is 1.85. The van der Waals surface area contributed by atoms with E-state index in [0.29, 0.717) is 17.8 Å². The zero-order valence-corrected chi connectivity index (χ0v) is 21.4. The van der Waals surface area contributed by atoms with E-state index in [-0.39, 0.29) is 24.0 Å². The van der Waals surface area contributed by atoms with Crippen molar-refractivity contribution in [3.8, 4) is 0 Å². The summed E-state index contributed by atoms with van der Waals surface area (Å²) in [4.78, 5) is 4.74. The van der Waals surface area contributed by atoms with Crippen molar-refractivity contribution in [3.05, 3.63) is 11.6 Å². The number of nitrogens with one attached hydrogen (secondary N) is 2. The Labute approximate surface area is 193 Å². The molecule has 0 aromatic carbocycles. The molecule has 1 saturated carbocycles. The lowest BCUT2D eigenvalue weighted by Gasteiger charge is -2.30. The number of rotatable bonds is 9. The highest BCUT2D eigenvalue weighted by atomic mass is 127. The first-order valence-corrected chi connectivity index (χ1v) is 12.6. The van der Waals surface area contributed by atoms with E-state index in [9.17, 15) is 4.21 Å². The first-order chi connectivity index (χ1) is 13.0. The standard InChI is InChI=1S/C18H34N6OS2.HI/c1-5-27(25)16-9-6-8-15(12-16)21-18(19-10-7-11-26-4)20-13-17-23-22-14(2)24(17)3;/h15-16H,5-13H2,1-4H3,(H2,19,20,21);1H. The number of nitrogens with zero attached hydrogens (tertiary/aromatic N) is 4. The Hall–Kier alpha value is -0.360. The van der Waals surface area contributed by atoms with E-state index in [2.05, 4.69) is 27.1 Å². The van der Waals surface area contributed by atoms with Gasteiger partial charge >= 0.3 is 0 Å². The number of guanidine groups is 1. The van der Waals surface area contributed by atoms with Crippen molar-refractivity contribution in [1.29, 1.82) is 0 Å². The van der Waals surface area contributed by atoms with Crippen LogP contribution in [0.15, 0.2) is 4.99 Å². The summed E-state index contributed by atoms with van der Waals surface area (Å²) in [6.07, 6.45) is 7.47. The van der Waals surface area contributed by atoms with Gasteiger partial charge in [0.05, 0.1) is 0 Å². The molecule has 10 heteroatoms. The second kappa shape index (κ2) is 13.8. The van der Waals surface area contributed by atoms with Gasteiger partial charge in [0.25, 0.3) is 0 Å². The highest BCUT2D eigenvalue weighted by Gasteiger charge is 2.26. The van der Waals surface area contributed by atoms with Crippen LogP contribution >= 0.6 is 35.7 Å². The summed E-state index contributed by atoms with van der Waals surface area (Å²) in [6, 6.07) is 0.326. The number of hydrogen-bond acceptors (Lipinski definition) is 5. The van der Waals surface area contributed by atoms with Crippen molar-refractivity contribution in [3.63, 3.8) is 0 Å². The molecule has 0 bridgehead atoms. The lowest BCUT2D eigenvalue weighted by atomic mass is 9.95. The second-order valence-electron chi connectivity index (χ2n) is 6.96. The third-order valence-corrected chi connectivity index (χ3v) is 7.44. The van der Waals surface area contributed by atoms with E-state index in [0.717, 1.165) is 67.8 Å². The molecule has 7 nitrogen and oxygen atoms in total. The van der Waals surface area contributed by atoms with Gasteiger partial charge in [-0.2, -0.15) is 11.8 Å². The van der Waals surface area contributed by atoms with Crippen LogP contribution in [0.3, 0.4) is 0 Å². The quantitative estimate of drug-likeness (QED) is 0.216. The molecule has 2 rings (SSSR count). The highest BCUT2D eigenvalue weighted by Crippen LogP contribution is 2.23. The molecule has 0 spiro atoms. The van der Waals surface area contributed by atoms with Gasteiger partial charge in [-0.1, -0.05) is 13.3 Å². The molecular formula is C18H35IN6OS2. The Morgan fingerprint density at radius 3 is 2.82 bits per heavy atom. The normalized spacial score (nSPS) is 21.1. The zero-order valence-electron chi connectivity index (χ0n) is 17.4. The largest absolute Gasteiger partial charge is 0.356 e. The van der Waals surface area contributed by atoms with E-state index in [4.69, 9.17) is 4.99 Å². The number of aromatic nitrogens is 3. The molecule has 28 heavy (non-hydrogen) atoms. The predicted molar refractivity (Wildman–Crippen MR) is 131 cm³/mol. The van der Waals surface area contributed by atoms with Crippen LogP contribution in [0.1, 0.15) is 50.7 Å². The van der Waals surface area contributed by atoms with Crippen LogP contribution in [0.2, 0.25) is 0 Å². The Morgan fingerprint density at radius 1 is 1.39 bits per heavy atom. The number of aliphatic imine (C=N–C) groups is 1. The third-order valence-electron chi connectivity index (χ3n) is 5.00. The smallest absolute Gasteiger partial charge is 0.191 e. The maximum absolute atomic E-state index is 12.2. The van der Waals surface area contributed by atoms with Crippen LogP contribution in [0, 0.1) is 6.92 Å². The minimum Gasteiger partial charge on any atom is -0.356 e. The molecule has 3 unspecified atom stereocenters. The van der Waals surface area contributed by atoms with Crippen LogP contribution in [-0.4, -0.2) is 60.5 Å². The summed E-state index contributed by atoms with van der Waals surface area (Å²) in [5, 5.41) is 15.6. The van der Waals surface area contributed by atoms with Gasteiger partial charge in [-0.15, -0.1) is 34.2 Å². The lowest BCUT2D eigenvalue weighted by Crippen LogP contribution is -2.47. The van der Waals surface area contributed by atoms with E-state index in [1.165, 1.54) is 0 Å². The summed E-state index contributed by atoms with van der Waals surface area (Å²) in [5.74, 6) is 4.44. The molecule has 0 saturated heterocycles. The van der Waals surface area contributed by atoms with Crippen molar-refractivity contribution < 1.29 is 4.21 Å². The molecule has 0 amide bonds. The molecule has 1 heterocycles. The topological polar surface area (TPSA) is 84.2 Å². The third kappa shape index (κ3) is 8.17. The van der Waals surface area contributed by atoms with Crippen LogP contribution < -0.4 is 10.6 Å². The minimum absolute atomic E-state index is 0. The van der Waals surface area contributed by atoms with Crippen LogP contribution in [0.5, 0.6) is 0 Å². The average molecular weight is 543 g/mol. The minimum atomic E-state index is -0.715. The maximum atomic E-state index is 12.2. The van der Waals surface area contributed by atoms with E-state index >= 15 is 0 Å². The second-order valence-corrected chi connectivity index (χ2v) is 9.95. The van der Waals surface area contributed by atoms with Crippen LogP contribution in [0.4, 0.5) is 0 Å². The van der Waals surface area contributed by atoms with Gasteiger partial charge in [0.1, 0.15) is 12.4 Å².